The molecule has 12 heteroatoms. The number of nitrogens with one attached hydrogen (secondary N) is 2. The van der Waals surface area contributed by atoms with Crippen molar-refractivity contribution in [3.05, 3.63) is 76.0 Å². The molecule has 2 N–H and O–H groups in total. The summed E-state index contributed by atoms with van der Waals surface area (Å²) in [5, 5.41) is 7.78. The van der Waals surface area contributed by atoms with Gasteiger partial charge in [0.2, 0.25) is 11.8 Å². The first kappa shape index (κ1) is 27.2. The quantitative estimate of drug-likeness (QED) is 0.505. The molecule has 0 unspecified atom stereocenters. The van der Waals surface area contributed by atoms with Crippen molar-refractivity contribution in [3.63, 3.8) is 0 Å². The SMILES string of the molecule is Cc1nc2n(n1)CCN(C(=O)c1cncc(=O)[nH]1)CCCC(=O)N1CCCC[C@H]1C(=O)N[C@@H]2Cc1ccccc1. The van der Waals surface area contributed by atoms with Gasteiger partial charge in [0, 0.05) is 26.1 Å². The highest BCUT2D eigenvalue weighted by molar-refractivity contribution is 5.92. The first-order valence-electron chi connectivity index (χ1n) is 13.8. The van der Waals surface area contributed by atoms with Gasteiger partial charge in [-0.05, 0) is 44.6 Å². The fourth-order valence-electron chi connectivity index (χ4n) is 5.47. The molecule has 40 heavy (non-hydrogen) atoms. The van der Waals surface area contributed by atoms with Crippen molar-refractivity contribution >= 4 is 17.7 Å². The molecule has 1 saturated heterocycles. The minimum atomic E-state index is -0.557. The van der Waals surface area contributed by atoms with E-state index in [4.69, 9.17) is 0 Å². The van der Waals surface area contributed by atoms with Gasteiger partial charge in [-0.3, -0.25) is 24.2 Å². The van der Waals surface area contributed by atoms with Gasteiger partial charge in [-0.25, -0.2) is 9.67 Å². The van der Waals surface area contributed by atoms with Crippen LogP contribution in [0.5, 0.6) is 0 Å². The van der Waals surface area contributed by atoms with Gasteiger partial charge in [-0.2, -0.15) is 5.10 Å². The number of carbonyl (C=O) groups is 3. The maximum atomic E-state index is 13.7. The number of amides is 3. The van der Waals surface area contributed by atoms with E-state index in [9.17, 15) is 19.2 Å². The van der Waals surface area contributed by atoms with Gasteiger partial charge in [-0.1, -0.05) is 30.3 Å². The van der Waals surface area contributed by atoms with Crippen LogP contribution in [0, 0.1) is 6.92 Å². The molecule has 3 aromatic rings. The van der Waals surface area contributed by atoms with E-state index in [0.717, 1.165) is 24.6 Å². The monoisotopic (exact) mass is 546 g/mol. The Bertz CT molecular complexity index is 1420. The zero-order chi connectivity index (χ0) is 28.1. The van der Waals surface area contributed by atoms with Crippen LogP contribution in [0.4, 0.5) is 0 Å². The molecule has 2 aliphatic heterocycles. The van der Waals surface area contributed by atoms with Crippen molar-refractivity contribution in [2.45, 2.75) is 64.1 Å². The largest absolute Gasteiger partial charge is 0.344 e. The van der Waals surface area contributed by atoms with E-state index in [0.29, 0.717) is 50.5 Å². The lowest BCUT2D eigenvalue weighted by Crippen LogP contribution is -2.53. The van der Waals surface area contributed by atoms with Crippen LogP contribution in [0.25, 0.3) is 0 Å². The van der Waals surface area contributed by atoms with Gasteiger partial charge >= 0.3 is 0 Å². The minimum Gasteiger partial charge on any atom is -0.344 e. The van der Waals surface area contributed by atoms with E-state index in [-0.39, 0.29) is 36.4 Å². The van der Waals surface area contributed by atoms with E-state index >= 15 is 0 Å². The standard InChI is InChI=1S/C28H34N8O4/c1-19-30-26-21(16-20-8-3-2-4-9-20)32-27(39)23-10-5-6-13-35(23)25(38)11-7-12-34(14-15-36(26)33-19)28(40)22-17-29-18-24(37)31-22/h2-4,8-9,17-18,21,23H,5-7,10-16H2,1H3,(H,31,37)(H,32,39)/t21-,23+/m1/s1. The minimum absolute atomic E-state index is 0.0836. The number of benzene rings is 1. The zero-order valence-electron chi connectivity index (χ0n) is 22.6. The summed E-state index contributed by atoms with van der Waals surface area (Å²) in [6.45, 7) is 3.19. The average molecular weight is 547 g/mol. The highest BCUT2D eigenvalue weighted by Crippen LogP contribution is 2.23. The fourth-order valence-corrected chi connectivity index (χ4v) is 5.47. The average Bonchev–Trinajstić information content (AvgIpc) is 3.34. The maximum absolute atomic E-state index is 13.7. The molecule has 210 valence electrons. The van der Waals surface area contributed by atoms with E-state index in [1.807, 2.05) is 30.3 Å². The van der Waals surface area contributed by atoms with Gasteiger partial charge in [-0.15, -0.1) is 0 Å². The van der Waals surface area contributed by atoms with Crippen molar-refractivity contribution in [2.75, 3.05) is 19.6 Å². The molecule has 0 radical (unpaired) electrons. The number of nitrogens with zero attached hydrogens (tertiary/aromatic N) is 6. The van der Waals surface area contributed by atoms with E-state index in [2.05, 4.69) is 25.4 Å². The Labute approximate surface area is 231 Å². The number of H-pyrrole nitrogens is 1. The summed E-state index contributed by atoms with van der Waals surface area (Å²) in [7, 11) is 0. The second-order valence-corrected chi connectivity index (χ2v) is 10.3. The van der Waals surface area contributed by atoms with Crippen molar-refractivity contribution < 1.29 is 14.4 Å². The third kappa shape index (κ3) is 6.27. The van der Waals surface area contributed by atoms with Crippen LogP contribution < -0.4 is 10.9 Å². The number of aryl methyl sites for hydroxylation is 1. The van der Waals surface area contributed by atoms with Gasteiger partial charge in [0.1, 0.15) is 23.4 Å². The van der Waals surface area contributed by atoms with Gasteiger partial charge in [0.15, 0.2) is 0 Å². The topological polar surface area (TPSA) is 146 Å². The number of hydrogen-bond donors (Lipinski definition) is 2. The third-order valence-electron chi connectivity index (χ3n) is 7.41. The lowest BCUT2D eigenvalue weighted by molar-refractivity contribution is -0.142. The molecule has 2 atom stereocenters. The zero-order valence-corrected chi connectivity index (χ0v) is 22.6. The molecule has 0 spiro atoms. The van der Waals surface area contributed by atoms with Crippen molar-refractivity contribution in [2.24, 2.45) is 0 Å². The number of aromatic amines is 1. The Morgan fingerprint density at radius 3 is 2.62 bits per heavy atom. The lowest BCUT2D eigenvalue weighted by Gasteiger charge is -2.36. The van der Waals surface area contributed by atoms with Gasteiger partial charge in [0.05, 0.1) is 25.0 Å². The summed E-state index contributed by atoms with van der Waals surface area (Å²) >= 11 is 0. The van der Waals surface area contributed by atoms with Crippen LogP contribution in [0.2, 0.25) is 0 Å². The number of piperidine rings is 1. The molecule has 1 fully saturated rings. The number of rotatable bonds is 3. The first-order valence-corrected chi connectivity index (χ1v) is 13.8. The fraction of sp³-hybridized carbons (Fsp3) is 0.464. The van der Waals surface area contributed by atoms with Crippen LogP contribution >= 0.6 is 0 Å². The van der Waals surface area contributed by atoms with E-state index in [1.165, 1.54) is 6.20 Å². The Balaban J connectivity index is 1.50. The van der Waals surface area contributed by atoms with Gasteiger partial charge < -0.3 is 20.1 Å². The van der Waals surface area contributed by atoms with Crippen LogP contribution in [-0.4, -0.2) is 77.9 Å². The molecule has 0 saturated carbocycles. The molecule has 2 aliphatic rings. The number of aromatic nitrogens is 5. The predicted molar refractivity (Wildman–Crippen MR) is 145 cm³/mol. The Morgan fingerprint density at radius 2 is 1.82 bits per heavy atom. The molecule has 1 aromatic carbocycles. The van der Waals surface area contributed by atoms with Crippen molar-refractivity contribution in [3.8, 4) is 0 Å². The summed E-state index contributed by atoms with van der Waals surface area (Å²) < 4.78 is 1.74. The lowest BCUT2D eigenvalue weighted by atomic mass is 9.99. The summed E-state index contributed by atoms with van der Waals surface area (Å²) in [4.78, 5) is 66.5. The number of hydrogen-bond acceptors (Lipinski definition) is 7. The molecule has 12 nitrogen and oxygen atoms in total. The van der Waals surface area contributed by atoms with Crippen LogP contribution in [-0.2, 0) is 22.6 Å². The Morgan fingerprint density at radius 1 is 1.00 bits per heavy atom. The predicted octanol–water partition coefficient (Wildman–Crippen LogP) is 1.39. The molecular formula is C28H34N8O4. The van der Waals surface area contributed by atoms with E-state index in [1.54, 1.807) is 21.4 Å². The van der Waals surface area contributed by atoms with Crippen molar-refractivity contribution in [1.29, 1.82) is 0 Å². The van der Waals surface area contributed by atoms with E-state index < -0.39 is 17.6 Å². The highest BCUT2D eigenvalue weighted by atomic mass is 16.2. The molecule has 4 heterocycles. The summed E-state index contributed by atoms with van der Waals surface area (Å²) in [5.41, 5.74) is 0.642. The molecule has 3 amide bonds. The van der Waals surface area contributed by atoms with Crippen LogP contribution in [0.15, 0.2) is 47.5 Å². The summed E-state index contributed by atoms with van der Waals surface area (Å²) in [6.07, 6.45) is 5.86. The number of fused-ring (bicyclic) bond motifs is 2. The third-order valence-corrected chi connectivity index (χ3v) is 7.41. The Hall–Kier alpha value is -4.35. The molecule has 0 aliphatic carbocycles. The molecule has 2 aromatic heterocycles. The second-order valence-electron chi connectivity index (χ2n) is 10.3. The maximum Gasteiger partial charge on any atom is 0.272 e. The number of carbonyl (C=O) groups excluding carboxylic acids is 3. The Kier molecular flexibility index (Phi) is 8.32. The highest BCUT2D eigenvalue weighted by Gasteiger charge is 2.34. The van der Waals surface area contributed by atoms with Crippen molar-refractivity contribution in [1.82, 2.24) is 39.8 Å². The molecule has 5 rings (SSSR count). The molecular weight excluding hydrogens is 512 g/mol. The smallest absolute Gasteiger partial charge is 0.272 e. The summed E-state index contributed by atoms with van der Waals surface area (Å²) in [5.74, 6) is 0.472. The second kappa shape index (κ2) is 12.2. The summed E-state index contributed by atoms with van der Waals surface area (Å²) in [6, 6.07) is 8.78. The van der Waals surface area contributed by atoms with Crippen LogP contribution in [0.3, 0.4) is 0 Å². The normalized spacial score (nSPS) is 20.7. The van der Waals surface area contributed by atoms with Gasteiger partial charge in [0.25, 0.3) is 11.5 Å². The first-order chi connectivity index (χ1) is 19.4. The molecule has 0 bridgehead atoms. The van der Waals surface area contributed by atoms with Crippen LogP contribution in [0.1, 0.15) is 65.8 Å².